The molecule has 260 valence electrons. The maximum absolute atomic E-state index is 14.0. The van der Waals surface area contributed by atoms with Crippen molar-refractivity contribution >= 4 is 28.4 Å². The van der Waals surface area contributed by atoms with E-state index in [4.69, 9.17) is 14.2 Å². The molecule has 4 rings (SSSR count). The molecule has 2 amide bonds. The molecule has 1 aliphatic heterocycles. The van der Waals surface area contributed by atoms with Crippen molar-refractivity contribution in [2.75, 3.05) is 65.6 Å². The Hall–Kier alpha value is -2.66. The lowest BCUT2D eigenvalue weighted by molar-refractivity contribution is -0.139. The molecule has 1 aliphatic carbocycles. The zero-order valence-electron chi connectivity index (χ0n) is 28.7. The van der Waals surface area contributed by atoms with Crippen molar-refractivity contribution < 1.29 is 28.1 Å². The van der Waals surface area contributed by atoms with Gasteiger partial charge in [0.25, 0.3) is 0 Å². The number of ether oxygens (including phenoxy) is 3. The van der Waals surface area contributed by atoms with Crippen LogP contribution in [0.15, 0.2) is 24.4 Å². The van der Waals surface area contributed by atoms with Crippen molar-refractivity contribution in [3.8, 4) is 0 Å². The Bertz CT molecular complexity index is 1180. The highest BCUT2D eigenvalue weighted by molar-refractivity contribution is 5.93. The van der Waals surface area contributed by atoms with E-state index < -0.39 is 6.04 Å². The molecule has 45 heavy (non-hydrogen) atoms. The van der Waals surface area contributed by atoms with E-state index in [0.29, 0.717) is 39.6 Å². The van der Waals surface area contributed by atoms with Crippen LogP contribution < -0.4 is 16.0 Å². The van der Waals surface area contributed by atoms with Gasteiger partial charge in [0, 0.05) is 48.6 Å². The van der Waals surface area contributed by atoms with Crippen LogP contribution in [0.4, 0.5) is 5.69 Å². The lowest BCUT2D eigenvalue weighted by Gasteiger charge is -2.35. The maximum atomic E-state index is 14.0. The van der Waals surface area contributed by atoms with E-state index in [1.54, 1.807) is 14.2 Å². The van der Waals surface area contributed by atoms with Gasteiger partial charge in [0.2, 0.25) is 11.8 Å². The van der Waals surface area contributed by atoms with Crippen LogP contribution in [0.25, 0.3) is 10.9 Å². The van der Waals surface area contributed by atoms with Crippen LogP contribution in [0.5, 0.6) is 0 Å². The molecule has 0 spiro atoms. The summed E-state index contributed by atoms with van der Waals surface area (Å²) in [4.78, 5) is 28.9. The second-order valence-electron chi connectivity index (χ2n) is 12.1. The molecule has 10 heteroatoms. The highest BCUT2D eigenvalue weighted by atomic mass is 16.5. The fourth-order valence-corrected chi connectivity index (χ4v) is 6.36. The van der Waals surface area contributed by atoms with Gasteiger partial charge < -0.3 is 39.6 Å². The summed E-state index contributed by atoms with van der Waals surface area (Å²) < 4.78 is 18.6. The van der Waals surface area contributed by atoms with E-state index in [9.17, 15) is 9.59 Å². The zero-order valence-corrected chi connectivity index (χ0v) is 28.7. The SMILES string of the molecule is CC.CN[C@@H](C)C(=O)N[C@H](C(=O)N1CCC[C@H]1CNc1cn(CCOCCOCCOC)c2cc(C)ccc12)C1CCCCC1.[HH].[HH].[HH]. The summed E-state index contributed by atoms with van der Waals surface area (Å²) in [7, 11) is 3.44. The summed E-state index contributed by atoms with van der Waals surface area (Å²) in [5.74, 6) is 0.170. The van der Waals surface area contributed by atoms with Crippen molar-refractivity contribution in [1.29, 1.82) is 0 Å². The number of rotatable bonds is 17. The van der Waals surface area contributed by atoms with Crippen molar-refractivity contribution in [1.82, 2.24) is 20.1 Å². The summed E-state index contributed by atoms with van der Waals surface area (Å²) in [5.41, 5.74) is 3.44. The molecule has 1 saturated carbocycles. The quantitative estimate of drug-likeness (QED) is 0.198. The summed E-state index contributed by atoms with van der Waals surface area (Å²) in [6.45, 7) is 13.0. The summed E-state index contributed by atoms with van der Waals surface area (Å²) in [6, 6.07) is 5.81. The Labute approximate surface area is 275 Å². The average molecular weight is 636 g/mol. The number of nitrogens with one attached hydrogen (secondary N) is 3. The average Bonchev–Trinajstić information content (AvgIpc) is 3.68. The van der Waals surface area contributed by atoms with E-state index in [0.717, 1.165) is 62.7 Å². The number of anilines is 1. The first kappa shape index (κ1) is 36.8. The van der Waals surface area contributed by atoms with Crippen molar-refractivity contribution in [2.24, 2.45) is 5.92 Å². The lowest BCUT2D eigenvalue weighted by atomic mass is 9.83. The highest BCUT2D eigenvalue weighted by Crippen LogP contribution is 2.31. The van der Waals surface area contributed by atoms with Crippen LogP contribution in [-0.4, -0.2) is 99.7 Å². The Kier molecular flexibility index (Phi) is 16.2. The third-order valence-electron chi connectivity index (χ3n) is 9.02. The van der Waals surface area contributed by atoms with Gasteiger partial charge in [0.15, 0.2) is 0 Å². The first-order valence-electron chi connectivity index (χ1n) is 17.2. The third-order valence-corrected chi connectivity index (χ3v) is 9.02. The predicted molar refractivity (Wildman–Crippen MR) is 188 cm³/mol. The van der Waals surface area contributed by atoms with E-state index in [2.05, 4.69) is 51.8 Å². The topological polar surface area (TPSA) is 106 Å². The molecule has 1 aromatic heterocycles. The number of carbonyl (C=O) groups excluding carboxylic acids is 2. The van der Waals surface area contributed by atoms with Gasteiger partial charge in [-0.15, -0.1) is 0 Å². The van der Waals surface area contributed by atoms with Gasteiger partial charge >= 0.3 is 0 Å². The van der Waals surface area contributed by atoms with Crippen LogP contribution in [-0.2, 0) is 30.3 Å². The number of benzene rings is 1. The van der Waals surface area contributed by atoms with Crippen LogP contribution >= 0.6 is 0 Å². The number of aryl methyl sites for hydroxylation is 1. The highest BCUT2D eigenvalue weighted by Gasteiger charge is 2.38. The van der Waals surface area contributed by atoms with Crippen LogP contribution in [0.1, 0.15) is 75.6 Å². The number of likely N-dealkylation sites (N-methyl/N-ethyl adjacent to an activating group) is 1. The Balaban J connectivity index is 0.00000433. The number of hydrogen-bond acceptors (Lipinski definition) is 7. The molecular weight excluding hydrogens is 570 g/mol. The normalized spacial score (nSPS) is 18.4. The Morgan fingerprint density at radius 1 is 1.00 bits per heavy atom. The molecular formula is C35H65N5O5. The maximum Gasteiger partial charge on any atom is 0.245 e. The molecule has 0 radical (unpaired) electrons. The van der Waals surface area contributed by atoms with E-state index >= 15 is 0 Å². The molecule has 3 atom stereocenters. The fraction of sp³-hybridized carbons (Fsp3) is 0.714. The number of hydrogen-bond donors (Lipinski definition) is 3. The molecule has 2 aliphatic rings. The van der Waals surface area contributed by atoms with Gasteiger partial charge in [0.05, 0.1) is 50.3 Å². The second-order valence-corrected chi connectivity index (χ2v) is 12.1. The van der Waals surface area contributed by atoms with Crippen LogP contribution in [0, 0.1) is 12.8 Å². The van der Waals surface area contributed by atoms with Gasteiger partial charge in [-0.2, -0.15) is 0 Å². The molecule has 1 saturated heterocycles. The van der Waals surface area contributed by atoms with E-state index in [1.165, 1.54) is 17.5 Å². The van der Waals surface area contributed by atoms with Crippen LogP contribution in [0.2, 0.25) is 0 Å². The first-order chi connectivity index (χ1) is 21.9. The Morgan fingerprint density at radius 3 is 2.42 bits per heavy atom. The number of fused-ring (bicyclic) bond motifs is 1. The summed E-state index contributed by atoms with van der Waals surface area (Å²) >= 11 is 0. The summed E-state index contributed by atoms with van der Waals surface area (Å²) in [5, 5.41) is 11.0. The number of aromatic nitrogens is 1. The molecule has 2 heterocycles. The van der Waals surface area contributed by atoms with Crippen molar-refractivity contribution in [3.05, 3.63) is 30.0 Å². The minimum atomic E-state index is -0.459. The number of nitrogens with zero attached hydrogens (tertiary/aromatic N) is 2. The molecule has 2 fully saturated rings. The number of likely N-dealkylation sites (tertiary alicyclic amines) is 1. The monoisotopic (exact) mass is 635 g/mol. The number of methoxy groups -OCH3 is 1. The van der Waals surface area contributed by atoms with Crippen molar-refractivity contribution in [3.63, 3.8) is 0 Å². The lowest BCUT2D eigenvalue weighted by Crippen LogP contribution is -2.57. The van der Waals surface area contributed by atoms with Gasteiger partial charge in [0.1, 0.15) is 6.04 Å². The van der Waals surface area contributed by atoms with Gasteiger partial charge in [-0.1, -0.05) is 45.2 Å². The smallest absolute Gasteiger partial charge is 0.245 e. The van der Waals surface area contributed by atoms with Gasteiger partial charge in [-0.25, -0.2) is 0 Å². The summed E-state index contributed by atoms with van der Waals surface area (Å²) in [6.07, 6.45) is 9.51. The molecule has 0 bridgehead atoms. The fourth-order valence-electron chi connectivity index (χ4n) is 6.36. The molecule has 1 aromatic carbocycles. The molecule has 3 N–H and O–H groups in total. The number of carbonyl (C=O) groups is 2. The first-order valence-corrected chi connectivity index (χ1v) is 17.2. The molecule has 0 unspecified atom stereocenters. The zero-order chi connectivity index (χ0) is 32.6. The third kappa shape index (κ3) is 10.7. The van der Waals surface area contributed by atoms with Gasteiger partial charge in [-0.3, -0.25) is 9.59 Å². The van der Waals surface area contributed by atoms with Crippen LogP contribution in [0.3, 0.4) is 0 Å². The molecule has 10 nitrogen and oxygen atoms in total. The minimum Gasteiger partial charge on any atom is -0.382 e. The minimum absolute atomic E-state index is 0. The largest absolute Gasteiger partial charge is 0.382 e. The standard InChI is InChI=1S/C33H53N5O5.C2H6.3H2/c1-24-12-13-28-29(23-37(30(28)21-24)15-16-42-19-20-43-18-17-41-4)35-22-27-11-8-14-38(27)33(40)31(26-9-6-5-7-10-26)36-32(39)25(2)34-3;1-2;;;/h12-13,21,23,25-27,31,34-35H,5-11,14-20,22H2,1-4H3,(H,36,39);1-2H3;3*1H/t25-,27-,31-;;;;/m0..../s1. The predicted octanol–water partition coefficient (Wildman–Crippen LogP) is 5.47. The second kappa shape index (κ2) is 19.8. The van der Waals surface area contributed by atoms with E-state index in [-0.39, 0.29) is 34.1 Å². The number of amides is 2. The Morgan fingerprint density at radius 2 is 1.71 bits per heavy atom. The van der Waals surface area contributed by atoms with Gasteiger partial charge in [-0.05, 0) is 64.1 Å². The van der Waals surface area contributed by atoms with E-state index in [1.807, 2.05) is 25.7 Å². The van der Waals surface area contributed by atoms with Crippen molar-refractivity contribution in [2.45, 2.75) is 97.3 Å². The molecule has 2 aromatic rings.